The molecule has 0 atom stereocenters. The minimum atomic E-state index is -4.04. The third kappa shape index (κ3) is 11.6. The molecule has 0 saturated carbocycles. The van der Waals surface area contributed by atoms with Gasteiger partial charge in [0.2, 0.25) is 0 Å². The summed E-state index contributed by atoms with van der Waals surface area (Å²) in [7, 11) is -4.04. The van der Waals surface area contributed by atoms with Crippen molar-refractivity contribution in [3.63, 3.8) is 0 Å². The first-order valence-electron chi connectivity index (χ1n) is 2.23. The molecule has 0 aromatic heterocycles. The average molecular weight is 180 g/mol. The minimum Gasteiger partial charge on any atom is -1.00 e. The Bertz CT molecular complexity index is 167. The van der Waals surface area contributed by atoms with Crippen molar-refractivity contribution >= 4 is 10.1 Å². The number of rotatable bonds is 3. The minimum absolute atomic E-state index is 0. The topological polar surface area (TPSA) is 94.8 Å². The first kappa shape index (κ1) is 13.4. The molecule has 58 valence electrons. The summed E-state index contributed by atoms with van der Waals surface area (Å²) in [4.78, 5) is 0. The van der Waals surface area contributed by atoms with Gasteiger partial charge in [0.05, 0.1) is 5.75 Å². The summed E-state index contributed by atoms with van der Waals surface area (Å²) in [6.45, 7) is 0. The Morgan fingerprint density at radius 2 is 1.80 bits per heavy atom. The number of hydrogen-bond donors (Lipinski definition) is 3. The summed E-state index contributed by atoms with van der Waals surface area (Å²) in [6, 6.07) is 0. The van der Waals surface area contributed by atoms with Crippen molar-refractivity contribution in [2.24, 2.45) is 0 Å². The van der Waals surface area contributed by atoms with Gasteiger partial charge in [0, 0.05) is 6.42 Å². The van der Waals surface area contributed by atoms with E-state index in [9.17, 15) is 8.42 Å². The molecule has 0 fully saturated rings. The molecule has 0 spiro atoms. The van der Waals surface area contributed by atoms with Gasteiger partial charge in [-0.15, -0.1) is 0 Å². The molecule has 0 aliphatic carbocycles. The zero-order chi connectivity index (χ0) is 7.49. The molecule has 0 aromatic carbocycles. The van der Waals surface area contributed by atoms with Gasteiger partial charge in [0.1, 0.15) is 0 Å². The van der Waals surface area contributed by atoms with Crippen LogP contribution in [-0.2, 0) is 10.1 Å². The average Bonchev–Trinajstić information content (AvgIpc) is 1.59. The van der Waals surface area contributed by atoms with Gasteiger partial charge in [-0.25, -0.2) is 0 Å². The van der Waals surface area contributed by atoms with E-state index in [1.54, 1.807) is 0 Å². The Hall–Kier alpha value is 0.830. The van der Waals surface area contributed by atoms with Crippen molar-refractivity contribution in [3.8, 4) is 0 Å². The zero-order valence-electron chi connectivity index (χ0n) is 6.56. The Labute approximate surface area is 82.6 Å². The molecule has 0 radical (unpaired) electrons. The molecule has 0 aliphatic rings. The molecule has 5 nitrogen and oxygen atoms in total. The Balaban J connectivity index is -0.000000320. The second kappa shape index (κ2) is 5.48. The van der Waals surface area contributed by atoms with Crippen LogP contribution in [0, 0.1) is 0 Å². The van der Waals surface area contributed by atoms with Crippen molar-refractivity contribution in [2.45, 2.75) is 12.7 Å². The fraction of sp³-hybridized carbons (Fsp3) is 1.00. The summed E-state index contributed by atoms with van der Waals surface area (Å²) in [5.41, 5.74) is 0. The molecular weight excluding hydrogens is 171 g/mol. The normalized spacial score (nSPS) is 11.2. The van der Waals surface area contributed by atoms with Gasteiger partial charge in [-0.2, -0.15) is 8.42 Å². The molecular formula is C3H9NaO5S. The van der Waals surface area contributed by atoms with Gasteiger partial charge >= 0.3 is 29.6 Å². The molecule has 0 aliphatic heterocycles. The van der Waals surface area contributed by atoms with E-state index in [0.29, 0.717) is 0 Å². The fourth-order valence-corrected chi connectivity index (χ4v) is 0.763. The van der Waals surface area contributed by atoms with Crippen LogP contribution in [-0.4, -0.2) is 35.2 Å². The van der Waals surface area contributed by atoms with E-state index in [1.165, 1.54) is 0 Å². The molecule has 0 bridgehead atoms. The van der Waals surface area contributed by atoms with Gasteiger partial charge in [-0.1, -0.05) is 0 Å². The van der Waals surface area contributed by atoms with Gasteiger partial charge in [0.15, 0.2) is 6.29 Å². The van der Waals surface area contributed by atoms with Crippen LogP contribution in [0.25, 0.3) is 0 Å². The van der Waals surface area contributed by atoms with Gasteiger partial charge < -0.3 is 11.6 Å². The fourth-order valence-electron chi connectivity index (χ4n) is 0.254. The van der Waals surface area contributed by atoms with E-state index in [0.717, 1.165) is 0 Å². The van der Waals surface area contributed by atoms with E-state index in [2.05, 4.69) is 0 Å². The SMILES string of the molecule is O=S(=O)(O)CCC(O)O.[H-].[Na+]. The summed E-state index contributed by atoms with van der Waals surface area (Å²) >= 11 is 0. The maximum atomic E-state index is 9.87. The zero-order valence-corrected chi connectivity index (χ0v) is 8.37. The molecule has 0 saturated heterocycles. The second-order valence-corrected chi connectivity index (χ2v) is 3.13. The monoisotopic (exact) mass is 180 g/mol. The molecule has 0 heterocycles. The molecule has 10 heavy (non-hydrogen) atoms. The van der Waals surface area contributed by atoms with Crippen LogP contribution in [0.4, 0.5) is 0 Å². The molecule has 0 unspecified atom stereocenters. The third-order valence-electron chi connectivity index (χ3n) is 0.634. The van der Waals surface area contributed by atoms with Crippen LogP contribution in [0.1, 0.15) is 7.85 Å². The van der Waals surface area contributed by atoms with Crippen LogP contribution < -0.4 is 29.6 Å². The molecule has 0 aromatic rings. The van der Waals surface area contributed by atoms with Crippen molar-refractivity contribution in [1.29, 1.82) is 0 Å². The van der Waals surface area contributed by atoms with Crippen LogP contribution in [0.15, 0.2) is 0 Å². The van der Waals surface area contributed by atoms with Gasteiger partial charge in [-0.3, -0.25) is 4.55 Å². The summed E-state index contributed by atoms with van der Waals surface area (Å²) in [5, 5.41) is 16.2. The van der Waals surface area contributed by atoms with Crippen LogP contribution in [0.3, 0.4) is 0 Å². The molecule has 0 rings (SSSR count). The van der Waals surface area contributed by atoms with E-state index in [-0.39, 0.29) is 37.4 Å². The van der Waals surface area contributed by atoms with Crippen LogP contribution >= 0.6 is 0 Å². The van der Waals surface area contributed by atoms with Crippen molar-refractivity contribution in [1.82, 2.24) is 0 Å². The largest absolute Gasteiger partial charge is 1.00 e. The van der Waals surface area contributed by atoms with Crippen molar-refractivity contribution in [2.75, 3.05) is 5.75 Å². The van der Waals surface area contributed by atoms with Crippen molar-refractivity contribution < 1.29 is 54.2 Å². The van der Waals surface area contributed by atoms with E-state index < -0.39 is 22.2 Å². The van der Waals surface area contributed by atoms with E-state index in [1.807, 2.05) is 0 Å². The third-order valence-corrected chi connectivity index (χ3v) is 1.39. The van der Waals surface area contributed by atoms with Gasteiger partial charge in [-0.05, 0) is 0 Å². The smallest absolute Gasteiger partial charge is 1.00 e. The van der Waals surface area contributed by atoms with E-state index >= 15 is 0 Å². The summed E-state index contributed by atoms with van der Waals surface area (Å²) < 4.78 is 27.8. The predicted molar refractivity (Wildman–Crippen MR) is 30.4 cm³/mol. The summed E-state index contributed by atoms with van der Waals surface area (Å²) in [5.74, 6) is -0.620. The van der Waals surface area contributed by atoms with E-state index in [4.69, 9.17) is 14.8 Å². The van der Waals surface area contributed by atoms with Crippen LogP contribution in [0.2, 0.25) is 0 Å². The Kier molecular flexibility index (Phi) is 7.35. The first-order valence-corrected chi connectivity index (χ1v) is 3.84. The van der Waals surface area contributed by atoms with Crippen molar-refractivity contribution in [3.05, 3.63) is 0 Å². The number of aliphatic hydroxyl groups excluding tert-OH is 1. The molecule has 7 heteroatoms. The maximum absolute atomic E-state index is 9.87. The first-order chi connectivity index (χ1) is 3.92. The Morgan fingerprint density at radius 3 is 1.90 bits per heavy atom. The number of aliphatic hydroxyl groups is 2. The quantitative estimate of drug-likeness (QED) is 0.232. The van der Waals surface area contributed by atoms with Crippen LogP contribution in [0.5, 0.6) is 0 Å². The second-order valence-electron chi connectivity index (χ2n) is 1.56. The molecule has 3 N–H and O–H groups in total. The maximum Gasteiger partial charge on any atom is 1.00 e. The van der Waals surface area contributed by atoms with Gasteiger partial charge in [0.25, 0.3) is 10.1 Å². The number of hydrogen-bond acceptors (Lipinski definition) is 4. The predicted octanol–water partition coefficient (Wildman–Crippen LogP) is -4.31. The standard InChI is InChI=1S/C3H8O5S.Na.H/c4-3(5)1-2-9(6,7)8;;/h3-5H,1-2H2,(H,6,7,8);;/q;+1;-1. The Morgan fingerprint density at radius 1 is 1.40 bits per heavy atom. The molecule has 0 amide bonds. The summed E-state index contributed by atoms with van der Waals surface area (Å²) in [6.07, 6.45) is -2.04.